The van der Waals surface area contributed by atoms with Crippen LogP contribution in [0.15, 0.2) is 12.3 Å². The Morgan fingerprint density at radius 1 is 1.50 bits per heavy atom. The lowest BCUT2D eigenvalue weighted by atomic mass is 9.90. The van der Waals surface area contributed by atoms with Gasteiger partial charge in [-0.1, -0.05) is 13.3 Å². The third-order valence-corrected chi connectivity index (χ3v) is 3.75. The molecule has 0 spiro atoms. The summed E-state index contributed by atoms with van der Waals surface area (Å²) >= 11 is 0. The molecule has 2 rings (SSSR count). The molecular formula is C14H24N2. The van der Waals surface area contributed by atoms with E-state index in [-0.39, 0.29) is 0 Å². The van der Waals surface area contributed by atoms with Crippen LogP contribution in [0.25, 0.3) is 0 Å². The largest absolute Gasteiger partial charge is 0.365 e. The van der Waals surface area contributed by atoms with Crippen LogP contribution in [0.4, 0.5) is 0 Å². The van der Waals surface area contributed by atoms with Crippen molar-refractivity contribution in [2.75, 3.05) is 0 Å². The fraction of sp³-hybridized carbons (Fsp3) is 0.714. The van der Waals surface area contributed by atoms with Gasteiger partial charge in [-0.25, -0.2) is 0 Å². The van der Waals surface area contributed by atoms with E-state index >= 15 is 0 Å². The Hall–Kier alpha value is -0.760. The highest BCUT2D eigenvalue weighted by Crippen LogP contribution is 2.36. The van der Waals surface area contributed by atoms with Gasteiger partial charge < -0.3 is 4.98 Å². The monoisotopic (exact) mass is 220 g/mol. The Morgan fingerprint density at radius 2 is 2.25 bits per heavy atom. The van der Waals surface area contributed by atoms with E-state index in [2.05, 4.69) is 49.8 Å². The van der Waals surface area contributed by atoms with Gasteiger partial charge in [0.05, 0.1) is 0 Å². The van der Waals surface area contributed by atoms with Crippen LogP contribution in [-0.2, 0) is 6.42 Å². The van der Waals surface area contributed by atoms with Crippen LogP contribution in [-0.4, -0.2) is 22.0 Å². The third kappa shape index (κ3) is 1.91. The first-order valence-corrected chi connectivity index (χ1v) is 6.58. The molecule has 0 aliphatic carbocycles. The summed E-state index contributed by atoms with van der Waals surface area (Å²) in [5.74, 6) is 0. The van der Waals surface area contributed by atoms with Crippen molar-refractivity contribution in [3.05, 3.63) is 23.5 Å². The van der Waals surface area contributed by atoms with E-state index in [1.54, 1.807) is 0 Å². The van der Waals surface area contributed by atoms with Gasteiger partial charge in [0.25, 0.3) is 0 Å². The van der Waals surface area contributed by atoms with Gasteiger partial charge in [-0.05, 0) is 38.8 Å². The number of fused-ring (bicyclic) bond motifs is 1. The maximum absolute atomic E-state index is 3.41. The SMILES string of the molecule is CCC[C@@H]1c2cc[nH]c2C[C@H](C)N1C(C)C. The van der Waals surface area contributed by atoms with E-state index < -0.39 is 0 Å². The number of nitrogens with zero attached hydrogens (tertiary/aromatic N) is 1. The Morgan fingerprint density at radius 3 is 2.88 bits per heavy atom. The summed E-state index contributed by atoms with van der Waals surface area (Å²) in [5.41, 5.74) is 3.00. The van der Waals surface area contributed by atoms with Crippen LogP contribution < -0.4 is 0 Å². The normalized spacial score (nSPS) is 26.1. The molecule has 1 aliphatic rings. The molecule has 2 nitrogen and oxygen atoms in total. The first kappa shape index (κ1) is 11.7. The van der Waals surface area contributed by atoms with Gasteiger partial charge in [0.1, 0.15) is 0 Å². The lowest BCUT2D eigenvalue weighted by Gasteiger charge is -2.43. The zero-order valence-electron chi connectivity index (χ0n) is 11.0. The van der Waals surface area contributed by atoms with Crippen molar-refractivity contribution >= 4 is 0 Å². The predicted octanol–water partition coefficient (Wildman–Crippen LogP) is 3.51. The number of hydrogen-bond acceptors (Lipinski definition) is 1. The zero-order chi connectivity index (χ0) is 11.7. The summed E-state index contributed by atoms with van der Waals surface area (Å²) in [7, 11) is 0. The van der Waals surface area contributed by atoms with Crippen LogP contribution >= 0.6 is 0 Å². The molecule has 0 radical (unpaired) electrons. The Kier molecular flexibility index (Phi) is 3.38. The van der Waals surface area contributed by atoms with E-state index in [0.717, 1.165) is 0 Å². The molecule has 0 aromatic carbocycles. The number of aromatic amines is 1. The van der Waals surface area contributed by atoms with Crippen molar-refractivity contribution < 1.29 is 0 Å². The number of H-pyrrole nitrogens is 1. The van der Waals surface area contributed by atoms with Crippen molar-refractivity contribution in [2.45, 2.75) is 65.1 Å². The Bertz CT molecular complexity index is 340. The first-order valence-electron chi connectivity index (χ1n) is 6.58. The highest BCUT2D eigenvalue weighted by atomic mass is 15.2. The van der Waals surface area contributed by atoms with Gasteiger partial charge in [0, 0.05) is 36.4 Å². The van der Waals surface area contributed by atoms with Crippen molar-refractivity contribution in [1.82, 2.24) is 9.88 Å². The number of rotatable bonds is 3. The average molecular weight is 220 g/mol. The van der Waals surface area contributed by atoms with Crippen LogP contribution in [0.5, 0.6) is 0 Å². The third-order valence-electron chi connectivity index (χ3n) is 3.75. The topological polar surface area (TPSA) is 19.0 Å². The Labute approximate surface area is 99.0 Å². The second-order valence-electron chi connectivity index (χ2n) is 5.31. The molecule has 2 heterocycles. The summed E-state index contributed by atoms with van der Waals surface area (Å²) < 4.78 is 0. The highest BCUT2D eigenvalue weighted by Gasteiger charge is 2.33. The maximum atomic E-state index is 3.41. The number of aromatic nitrogens is 1. The smallest absolute Gasteiger partial charge is 0.0371 e. The van der Waals surface area contributed by atoms with Crippen LogP contribution in [0.3, 0.4) is 0 Å². The van der Waals surface area contributed by atoms with Crippen LogP contribution in [0, 0.1) is 0 Å². The summed E-state index contributed by atoms with van der Waals surface area (Å²) in [5, 5.41) is 0. The van der Waals surface area contributed by atoms with E-state index in [9.17, 15) is 0 Å². The molecule has 0 amide bonds. The predicted molar refractivity (Wildman–Crippen MR) is 68.6 cm³/mol. The zero-order valence-corrected chi connectivity index (χ0v) is 11.0. The lowest BCUT2D eigenvalue weighted by molar-refractivity contribution is 0.0829. The van der Waals surface area contributed by atoms with Crippen molar-refractivity contribution in [1.29, 1.82) is 0 Å². The lowest BCUT2D eigenvalue weighted by Crippen LogP contribution is -2.45. The van der Waals surface area contributed by atoms with Gasteiger partial charge in [-0.2, -0.15) is 0 Å². The molecule has 0 saturated carbocycles. The highest BCUT2D eigenvalue weighted by molar-refractivity contribution is 5.28. The minimum absolute atomic E-state index is 0.620. The van der Waals surface area contributed by atoms with Crippen LogP contribution in [0.2, 0.25) is 0 Å². The molecule has 0 unspecified atom stereocenters. The molecule has 16 heavy (non-hydrogen) atoms. The summed E-state index contributed by atoms with van der Waals surface area (Å²) in [6, 6.07) is 4.18. The summed E-state index contributed by atoms with van der Waals surface area (Å²) in [6.45, 7) is 9.27. The molecule has 0 fully saturated rings. The molecule has 1 N–H and O–H groups in total. The molecule has 0 bridgehead atoms. The second-order valence-corrected chi connectivity index (χ2v) is 5.31. The first-order chi connectivity index (χ1) is 7.65. The fourth-order valence-electron chi connectivity index (χ4n) is 3.22. The van der Waals surface area contributed by atoms with Gasteiger partial charge in [-0.15, -0.1) is 0 Å². The molecule has 1 aromatic heterocycles. The molecule has 2 heteroatoms. The van der Waals surface area contributed by atoms with Crippen molar-refractivity contribution in [3.63, 3.8) is 0 Å². The van der Waals surface area contributed by atoms with Gasteiger partial charge in [0.2, 0.25) is 0 Å². The quantitative estimate of drug-likeness (QED) is 0.826. The van der Waals surface area contributed by atoms with E-state index in [0.29, 0.717) is 18.1 Å². The number of nitrogens with one attached hydrogen (secondary N) is 1. The fourth-order valence-corrected chi connectivity index (χ4v) is 3.22. The summed E-state index contributed by atoms with van der Waals surface area (Å²) in [6.07, 6.45) is 5.79. The van der Waals surface area contributed by atoms with E-state index in [1.807, 2.05) is 0 Å². The Balaban J connectivity index is 2.33. The number of hydrogen-bond donors (Lipinski definition) is 1. The second kappa shape index (κ2) is 4.62. The molecule has 0 saturated heterocycles. The van der Waals surface area contributed by atoms with Gasteiger partial charge in [0.15, 0.2) is 0 Å². The average Bonchev–Trinajstić information content (AvgIpc) is 2.64. The maximum Gasteiger partial charge on any atom is 0.0371 e. The van der Waals surface area contributed by atoms with Crippen LogP contribution in [0.1, 0.15) is 57.8 Å². The van der Waals surface area contributed by atoms with E-state index in [1.165, 1.54) is 30.5 Å². The van der Waals surface area contributed by atoms with Gasteiger partial charge in [-0.3, -0.25) is 4.90 Å². The molecule has 2 atom stereocenters. The van der Waals surface area contributed by atoms with E-state index in [4.69, 9.17) is 0 Å². The summed E-state index contributed by atoms with van der Waals surface area (Å²) in [4.78, 5) is 6.09. The standard InChI is InChI=1S/C14H24N2/c1-5-6-14-12-7-8-15-13(12)9-11(4)16(14)10(2)3/h7-8,10-11,14-15H,5-6,9H2,1-4H3/t11-,14+/m0/s1. The molecule has 1 aliphatic heterocycles. The molecule has 1 aromatic rings. The minimum atomic E-state index is 0.620. The minimum Gasteiger partial charge on any atom is -0.365 e. The van der Waals surface area contributed by atoms with Crippen molar-refractivity contribution in [3.8, 4) is 0 Å². The van der Waals surface area contributed by atoms with Gasteiger partial charge >= 0.3 is 0 Å². The van der Waals surface area contributed by atoms with Crippen molar-refractivity contribution in [2.24, 2.45) is 0 Å². The molecule has 90 valence electrons. The molecular weight excluding hydrogens is 196 g/mol.